The van der Waals surface area contributed by atoms with Gasteiger partial charge in [0.25, 0.3) is 0 Å². The number of halogens is 2. The van der Waals surface area contributed by atoms with Gasteiger partial charge in [-0.2, -0.15) is 0 Å². The molecule has 1 atom stereocenters. The summed E-state index contributed by atoms with van der Waals surface area (Å²) in [6.07, 6.45) is 0.809. The highest BCUT2D eigenvalue weighted by atomic mass is 35.5. The fraction of sp³-hybridized carbons (Fsp3) is 0.200. The third-order valence-corrected chi connectivity index (χ3v) is 4.17. The zero-order valence-corrected chi connectivity index (χ0v) is 12.9. The number of nitrogens with two attached hydrogens (primary N) is 1. The van der Waals surface area contributed by atoms with E-state index in [4.69, 9.17) is 28.9 Å². The molecule has 1 unspecified atom stereocenters. The molecule has 2 N–H and O–H groups in total. The van der Waals surface area contributed by atoms with Crippen LogP contribution in [0.1, 0.15) is 12.5 Å². The van der Waals surface area contributed by atoms with E-state index < -0.39 is 0 Å². The maximum Gasteiger partial charge on any atom is 0.0417 e. The monoisotopic (exact) mass is 311 g/mol. The van der Waals surface area contributed by atoms with Crippen LogP contribution in [0.15, 0.2) is 52.3 Å². The van der Waals surface area contributed by atoms with Gasteiger partial charge in [-0.3, -0.25) is 0 Å². The highest BCUT2D eigenvalue weighted by Crippen LogP contribution is 2.33. The summed E-state index contributed by atoms with van der Waals surface area (Å²) in [5, 5.41) is 1.49. The van der Waals surface area contributed by atoms with Crippen LogP contribution in [0.3, 0.4) is 0 Å². The van der Waals surface area contributed by atoms with Gasteiger partial charge in [0.05, 0.1) is 0 Å². The van der Waals surface area contributed by atoms with Gasteiger partial charge in [0.15, 0.2) is 0 Å². The molecule has 0 aliphatic rings. The van der Waals surface area contributed by atoms with Crippen LogP contribution in [0.4, 0.5) is 0 Å². The second-order valence-electron chi connectivity index (χ2n) is 4.49. The summed E-state index contributed by atoms with van der Waals surface area (Å²) < 4.78 is 0. The Hall–Kier alpha value is -0.670. The Morgan fingerprint density at radius 2 is 1.84 bits per heavy atom. The second kappa shape index (κ2) is 6.67. The summed E-state index contributed by atoms with van der Waals surface area (Å²) in [7, 11) is 0. The van der Waals surface area contributed by atoms with E-state index in [9.17, 15) is 0 Å². The van der Waals surface area contributed by atoms with Gasteiger partial charge in [-0.1, -0.05) is 41.0 Å². The summed E-state index contributed by atoms with van der Waals surface area (Å²) >= 11 is 13.7. The zero-order chi connectivity index (χ0) is 13.8. The molecule has 2 rings (SSSR count). The first-order valence-electron chi connectivity index (χ1n) is 6.02. The Bertz CT molecular complexity index is 570. The first kappa shape index (κ1) is 14.7. The standard InChI is InChI=1S/C15H15Cl2NS/c1-10(18)7-11-8-13(17)5-6-15(11)19-14-4-2-3-12(16)9-14/h2-6,8-10H,7,18H2,1H3. The molecule has 0 spiro atoms. The lowest BCUT2D eigenvalue weighted by atomic mass is 10.1. The molecule has 1 nitrogen and oxygen atoms in total. The lowest BCUT2D eigenvalue weighted by Gasteiger charge is -2.12. The zero-order valence-electron chi connectivity index (χ0n) is 10.6. The van der Waals surface area contributed by atoms with Crippen LogP contribution in [0.5, 0.6) is 0 Å². The molecule has 2 aromatic rings. The lowest BCUT2D eigenvalue weighted by molar-refractivity contribution is 0.729. The molecule has 100 valence electrons. The molecule has 0 aromatic heterocycles. The Morgan fingerprint density at radius 1 is 1.11 bits per heavy atom. The van der Waals surface area contributed by atoms with E-state index >= 15 is 0 Å². The molecule has 0 fully saturated rings. The van der Waals surface area contributed by atoms with Crippen molar-refractivity contribution in [3.05, 3.63) is 58.1 Å². The molecular formula is C15H15Cl2NS. The fourth-order valence-electron chi connectivity index (χ4n) is 1.81. The molecule has 0 amide bonds. The Kier molecular flexibility index (Phi) is 5.17. The van der Waals surface area contributed by atoms with Gasteiger partial charge < -0.3 is 5.73 Å². The van der Waals surface area contributed by atoms with Crippen molar-refractivity contribution >= 4 is 35.0 Å². The van der Waals surface area contributed by atoms with E-state index in [0.717, 1.165) is 21.4 Å². The smallest absolute Gasteiger partial charge is 0.0417 e. The van der Waals surface area contributed by atoms with Crippen LogP contribution in [0.25, 0.3) is 0 Å². The number of hydrogen-bond donors (Lipinski definition) is 1. The molecule has 0 radical (unpaired) electrons. The number of hydrogen-bond acceptors (Lipinski definition) is 2. The van der Waals surface area contributed by atoms with Crippen molar-refractivity contribution in [1.82, 2.24) is 0 Å². The van der Waals surface area contributed by atoms with Crippen molar-refractivity contribution in [3.8, 4) is 0 Å². The molecule has 4 heteroatoms. The molecule has 0 aliphatic heterocycles. The van der Waals surface area contributed by atoms with E-state index in [0.29, 0.717) is 0 Å². The van der Waals surface area contributed by atoms with Crippen LogP contribution < -0.4 is 5.73 Å². The van der Waals surface area contributed by atoms with E-state index in [1.807, 2.05) is 49.4 Å². The van der Waals surface area contributed by atoms with Crippen molar-refractivity contribution in [2.45, 2.75) is 29.2 Å². The van der Waals surface area contributed by atoms with E-state index in [2.05, 4.69) is 0 Å². The molecule has 0 saturated heterocycles. The van der Waals surface area contributed by atoms with Crippen molar-refractivity contribution in [3.63, 3.8) is 0 Å². The summed E-state index contributed by atoms with van der Waals surface area (Å²) in [5.74, 6) is 0. The first-order valence-corrected chi connectivity index (χ1v) is 7.59. The first-order chi connectivity index (χ1) is 9.04. The van der Waals surface area contributed by atoms with Crippen molar-refractivity contribution < 1.29 is 0 Å². The lowest BCUT2D eigenvalue weighted by Crippen LogP contribution is -2.18. The molecule has 0 aliphatic carbocycles. The highest BCUT2D eigenvalue weighted by molar-refractivity contribution is 7.99. The average Bonchev–Trinajstić information content (AvgIpc) is 2.32. The molecule has 19 heavy (non-hydrogen) atoms. The maximum atomic E-state index is 6.06. The summed E-state index contributed by atoms with van der Waals surface area (Å²) in [4.78, 5) is 2.28. The molecule has 0 heterocycles. The van der Waals surface area contributed by atoms with E-state index in [1.165, 1.54) is 10.5 Å². The fourth-order valence-corrected chi connectivity index (χ4v) is 3.26. The van der Waals surface area contributed by atoms with Gasteiger partial charge in [0.2, 0.25) is 0 Å². The summed E-state index contributed by atoms with van der Waals surface area (Å²) in [6, 6.07) is 13.8. The van der Waals surface area contributed by atoms with Crippen LogP contribution in [-0.4, -0.2) is 6.04 Å². The summed E-state index contributed by atoms with van der Waals surface area (Å²) in [5.41, 5.74) is 7.06. The van der Waals surface area contributed by atoms with Gasteiger partial charge in [0.1, 0.15) is 0 Å². The van der Waals surface area contributed by atoms with Gasteiger partial charge in [-0.15, -0.1) is 0 Å². The van der Waals surface area contributed by atoms with Crippen LogP contribution in [0, 0.1) is 0 Å². The van der Waals surface area contributed by atoms with Gasteiger partial charge in [-0.25, -0.2) is 0 Å². The van der Waals surface area contributed by atoms with Gasteiger partial charge in [0, 0.05) is 25.9 Å². The predicted molar refractivity (Wildman–Crippen MR) is 84.4 cm³/mol. The van der Waals surface area contributed by atoms with Crippen molar-refractivity contribution in [2.24, 2.45) is 5.73 Å². The second-order valence-corrected chi connectivity index (χ2v) is 6.48. The largest absolute Gasteiger partial charge is 0.328 e. The van der Waals surface area contributed by atoms with Crippen LogP contribution >= 0.6 is 35.0 Å². The minimum Gasteiger partial charge on any atom is -0.328 e. The normalized spacial score (nSPS) is 12.4. The highest BCUT2D eigenvalue weighted by Gasteiger charge is 2.08. The molecular weight excluding hydrogens is 297 g/mol. The minimum atomic E-state index is 0.108. The topological polar surface area (TPSA) is 26.0 Å². The molecule has 0 bridgehead atoms. The quantitative estimate of drug-likeness (QED) is 0.856. The minimum absolute atomic E-state index is 0.108. The Balaban J connectivity index is 2.28. The van der Waals surface area contributed by atoms with E-state index in [-0.39, 0.29) is 6.04 Å². The number of benzene rings is 2. The molecule has 2 aromatic carbocycles. The summed E-state index contributed by atoms with van der Waals surface area (Å²) in [6.45, 7) is 1.99. The SMILES string of the molecule is CC(N)Cc1cc(Cl)ccc1Sc1cccc(Cl)c1. The van der Waals surface area contributed by atoms with Gasteiger partial charge in [-0.05, 0) is 55.3 Å². The average molecular weight is 312 g/mol. The third-order valence-electron chi connectivity index (χ3n) is 2.59. The van der Waals surface area contributed by atoms with Gasteiger partial charge >= 0.3 is 0 Å². The van der Waals surface area contributed by atoms with Crippen LogP contribution in [0.2, 0.25) is 10.0 Å². The van der Waals surface area contributed by atoms with Crippen LogP contribution in [-0.2, 0) is 6.42 Å². The van der Waals surface area contributed by atoms with Crippen molar-refractivity contribution in [1.29, 1.82) is 0 Å². The third kappa shape index (κ3) is 4.43. The maximum absolute atomic E-state index is 6.06. The predicted octanol–water partition coefficient (Wildman–Crippen LogP) is 5.03. The van der Waals surface area contributed by atoms with Crippen molar-refractivity contribution in [2.75, 3.05) is 0 Å². The number of rotatable bonds is 4. The Morgan fingerprint density at radius 3 is 2.53 bits per heavy atom. The van der Waals surface area contributed by atoms with E-state index in [1.54, 1.807) is 11.8 Å². The molecule has 0 saturated carbocycles. The Labute approximate surface area is 128 Å².